The number of hydrogen-bond acceptors (Lipinski definition) is 3. The highest BCUT2D eigenvalue weighted by molar-refractivity contribution is 5.94. The summed E-state index contributed by atoms with van der Waals surface area (Å²) in [5.41, 5.74) is 1.13. The van der Waals surface area contributed by atoms with Crippen molar-refractivity contribution < 1.29 is 9.47 Å². The second-order valence-corrected chi connectivity index (χ2v) is 8.21. The molecule has 0 saturated carbocycles. The van der Waals surface area contributed by atoms with Gasteiger partial charge in [-0.3, -0.25) is 0 Å². The molecule has 0 bridgehead atoms. The Morgan fingerprint density at radius 3 is 2.25 bits per heavy atom. The van der Waals surface area contributed by atoms with Gasteiger partial charge in [0.15, 0.2) is 0 Å². The van der Waals surface area contributed by atoms with E-state index in [1.165, 1.54) is 0 Å². The number of aromatic nitrogens is 2. The Morgan fingerprint density at radius 1 is 0.929 bits per heavy atom. The number of imidazole rings is 1. The Kier molecular flexibility index (Phi) is 6.96. The van der Waals surface area contributed by atoms with Crippen molar-refractivity contribution in [3.05, 3.63) is 54.6 Å². The zero-order valence-corrected chi connectivity index (χ0v) is 17.5. The van der Waals surface area contributed by atoms with Gasteiger partial charge in [-0.2, -0.15) is 0 Å². The van der Waals surface area contributed by atoms with Crippen LogP contribution in [-0.4, -0.2) is 22.8 Å². The van der Waals surface area contributed by atoms with Gasteiger partial charge in [-0.25, -0.2) is 4.98 Å². The van der Waals surface area contributed by atoms with Gasteiger partial charge in [0.2, 0.25) is 0 Å². The lowest BCUT2D eigenvalue weighted by Crippen LogP contribution is -2.08. The van der Waals surface area contributed by atoms with Crippen LogP contribution >= 0.6 is 0 Å². The topological polar surface area (TPSA) is 36.3 Å². The summed E-state index contributed by atoms with van der Waals surface area (Å²) in [7, 11) is 0. The van der Waals surface area contributed by atoms with Crippen LogP contribution in [0, 0.1) is 11.8 Å². The molecule has 28 heavy (non-hydrogen) atoms. The van der Waals surface area contributed by atoms with E-state index < -0.39 is 0 Å². The third-order valence-electron chi connectivity index (χ3n) is 4.84. The van der Waals surface area contributed by atoms with Gasteiger partial charge in [0.25, 0.3) is 0 Å². The SMILES string of the molecule is CC(C)CCOc1cc(Cn2ccnc2)c(OCCC(C)C)c2ccccc12. The minimum atomic E-state index is 0.613. The molecule has 0 unspecified atom stereocenters. The molecular formula is C24H32N2O2. The molecule has 0 amide bonds. The first-order valence-electron chi connectivity index (χ1n) is 10.3. The van der Waals surface area contributed by atoms with Gasteiger partial charge in [0.05, 0.1) is 26.1 Å². The van der Waals surface area contributed by atoms with Crippen molar-refractivity contribution in [2.24, 2.45) is 11.8 Å². The highest BCUT2D eigenvalue weighted by Crippen LogP contribution is 2.37. The molecule has 2 aromatic carbocycles. The van der Waals surface area contributed by atoms with Crippen molar-refractivity contribution in [3.8, 4) is 11.5 Å². The first-order valence-corrected chi connectivity index (χ1v) is 10.3. The molecule has 0 N–H and O–H groups in total. The third-order valence-corrected chi connectivity index (χ3v) is 4.84. The van der Waals surface area contributed by atoms with Gasteiger partial charge in [0.1, 0.15) is 11.5 Å². The molecule has 0 saturated heterocycles. The average molecular weight is 381 g/mol. The fourth-order valence-corrected chi connectivity index (χ4v) is 3.16. The fourth-order valence-electron chi connectivity index (χ4n) is 3.16. The summed E-state index contributed by atoms with van der Waals surface area (Å²) in [4.78, 5) is 4.18. The Balaban J connectivity index is 1.98. The van der Waals surface area contributed by atoms with Gasteiger partial charge in [-0.15, -0.1) is 0 Å². The number of hydrogen-bond donors (Lipinski definition) is 0. The van der Waals surface area contributed by atoms with Crippen molar-refractivity contribution >= 4 is 10.8 Å². The maximum Gasteiger partial charge on any atom is 0.132 e. The highest BCUT2D eigenvalue weighted by atomic mass is 16.5. The van der Waals surface area contributed by atoms with Crippen molar-refractivity contribution in [2.75, 3.05) is 13.2 Å². The molecule has 0 aliphatic carbocycles. The molecule has 0 atom stereocenters. The van der Waals surface area contributed by atoms with Crippen LogP contribution in [0.3, 0.4) is 0 Å². The average Bonchev–Trinajstić information content (AvgIpc) is 3.16. The van der Waals surface area contributed by atoms with E-state index in [0.717, 1.165) is 47.3 Å². The van der Waals surface area contributed by atoms with E-state index in [9.17, 15) is 0 Å². The van der Waals surface area contributed by atoms with Crippen LogP contribution in [0.2, 0.25) is 0 Å². The van der Waals surface area contributed by atoms with Gasteiger partial charge < -0.3 is 14.0 Å². The monoisotopic (exact) mass is 380 g/mol. The summed E-state index contributed by atoms with van der Waals surface area (Å²) in [6, 6.07) is 10.5. The lowest BCUT2D eigenvalue weighted by molar-refractivity contribution is 0.284. The van der Waals surface area contributed by atoms with Crippen LogP contribution in [0.4, 0.5) is 0 Å². The van der Waals surface area contributed by atoms with Crippen LogP contribution < -0.4 is 9.47 Å². The molecule has 150 valence electrons. The van der Waals surface area contributed by atoms with Gasteiger partial charge in [0, 0.05) is 28.7 Å². The fraction of sp³-hybridized carbons (Fsp3) is 0.458. The lowest BCUT2D eigenvalue weighted by Gasteiger charge is -2.19. The molecule has 4 nitrogen and oxygen atoms in total. The number of rotatable bonds is 10. The second-order valence-electron chi connectivity index (χ2n) is 8.21. The molecule has 0 spiro atoms. The second kappa shape index (κ2) is 9.63. The minimum absolute atomic E-state index is 0.613. The van der Waals surface area contributed by atoms with Crippen molar-refractivity contribution in [2.45, 2.75) is 47.1 Å². The Morgan fingerprint density at radius 2 is 1.61 bits per heavy atom. The number of nitrogens with zero attached hydrogens (tertiary/aromatic N) is 2. The highest BCUT2D eigenvalue weighted by Gasteiger charge is 2.15. The number of fused-ring (bicyclic) bond motifs is 1. The molecule has 0 aliphatic heterocycles. The molecule has 1 heterocycles. The van der Waals surface area contributed by atoms with Gasteiger partial charge >= 0.3 is 0 Å². The van der Waals surface area contributed by atoms with E-state index in [1.807, 2.05) is 12.5 Å². The smallest absolute Gasteiger partial charge is 0.132 e. The van der Waals surface area contributed by atoms with E-state index in [1.54, 1.807) is 6.20 Å². The van der Waals surface area contributed by atoms with Crippen LogP contribution in [-0.2, 0) is 6.54 Å². The zero-order chi connectivity index (χ0) is 19.9. The van der Waals surface area contributed by atoms with Crippen molar-refractivity contribution in [1.29, 1.82) is 0 Å². The lowest BCUT2D eigenvalue weighted by atomic mass is 10.0. The van der Waals surface area contributed by atoms with E-state index in [4.69, 9.17) is 9.47 Å². The molecular weight excluding hydrogens is 348 g/mol. The van der Waals surface area contributed by atoms with Crippen LogP contribution in [0.25, 0.3) is 10.8 Å². The molecule has 0 fully saturated rings. The van der Waals surface area contributed by atoms with Crippen LogP contribution in [0.15, 0.2) is 49.1 Å². The molecule has 3 aromatic rings. The van der Waals surface area contributed by atoms with E-state index >= 15 is 0 Å². The normalized spacial score (nSPS) is 11.5. The first kappa shape index (κ1) is 20.2. The minimum Gasteiger partial charge on any atom is -0.493 e. The predicted molar refractivity (Wildman–Crippen MR) is 115 cm³/mol. The maximum absolute atomic E-state index is 6.32. The summed E-state index contributed by atoms with van der Waals surface area (Å²) >= 11 is 0. The molecule has 0 aliphatic rings. The largest absolute Gasteiger partial charge is 0.493 e. The maximum atomic E-state index is 6.32. The molecule has 1 aromatic heterocycles. The van der Waals surface area contributed by atoms with E-state index in [0.29, 0.717) is 25.0 Å². The summed E-state index contributed by atoms with van der Waals surface area (Å²) in [6.45, 7) is 11.0. The first-order chi connectivity index (χ1) is 13.5. The van der Waals surface area contributed by atoms with E-state index in [2.05, 4.69) is 67.6 Å². The Bertz CT molecular complexity index is 870. The summed E-state index contributed by atoms with van der Waals surface area (Å²) in [5.74, 6) is 3.13. The van der Waals surface area contributed by atoms with Gasteiger partial charge in [-0.1, -0.05) is 52.0 Å². The van der Waals surface area contributed by atoms with Crippen molar-refractivity contribution in [3.63, 3.8) is 0 Å². The molecule has 0 radical (unpaired) electrons. The van der Waals surface area contributed by atoms with E-state index in [-0.39, 0.29) is 0 Å². The summed E-state index contributed by atoms with van der Waals surface area (Å²) < 4.78 is 14.6. The van der Waals surface area contributed by atoms with Crippen LogP contribution in [0.1, 0.15) is 46.1 Å². The van der Waals surface area contributed by atoms with Crippen molar-refractivity contribution in [1.82, 2.24) is 9.55 Å². The number of benzene rings is 2. The van der Waals surface area contributed by atoms with Gasteiger partial charge in [-0.05, 0) is 30.7 Å². The summed E-state index contributed by atoms with van der Waals surface area (Å²) in [5, 5.41) is 2.23. The quantitative estimate of drug-likeness (QED) is 0.437. The molecule has 4 heteroatoms. The Hall–Kier alpha value is -2.49. The zero-order valence-electron chi connectivity index (χ0n) is 17.5. The molecule has 3 rings (SSSR count). The van der Waals surface area contributed by atoms with Crippen LogP contribution in [0.5, 0.6) is 11.5 Å². The number of ether oxygens (including phenoxy) is 2. The summed E-state index contributed by atoms with van der Waals surface area (Å²) in [6.07, 6.45) is 7.70. The third kappa shape index (κ3) is 5.28. The standard InChI is InChI=1S/C24H32N2O2/c1-18(2)9-13-27-23-15-20(16-26-12-11-25-17-26)24(28-14-10-19(3)4)22-8-6-5-7-21(22)23/h5-8,11-12,15,17-19H,9-10,13-14,16H2,1-4H3. The predicted octanol–water partition coefficient (Wildman–Crippen LogP) is 5.93. The Labute approximate surface area is 168 Å².